The average Bonchev–Trinajstić information content (AvgIpc) is 2.67. The van der Waals surface area contributed by atoms with Gasteiger partial charge in [0.25, 0.3) is 11.6 Å². The fourth-order valence-corrected chi connectivity index (χ4v) is 2.54. The third-order valence-electron chi connectivity index (χ3n) is 4.07. The molecule has 1 heterocycles. The van der Waals surface area contributed by atoms with Crippen LogP contribution >= 0.6 is 0 Å². The van der Waals surface area contributed by atoms with Gasteiger partial charge >= 0.3 is 0 Å². The Morgan fingerprint density at radius 3 is 2.43 bits per heavy atom. The smallest absolute Gasteiger partial charge is 0.290 e. The van der Waals surface area contributed by atoms with Crippen molar-refractivity contribution >= 4 is 23.1 Å². The molecule has 3 aromatic rings. The highest BCUT2D eigenvalue weighted by molar-refractivity contribution is 6.04. The highest BCUT2D eigenvalue weighted by atomic mass is 19.1. The number of carbonyl (C=O) groups excluding carboxylic acids is 1. The molecule has 0 fully saturated rings. The van der Waals surface area contributed by atoms with Crippen molar-refractivity contribution in [3.05, 3.63) is 93.4 Å². The van der Waals surface area contributed by atoms with Gasteiger partial charge in [0.15, 0.2) is 0 Å². The Bertz CT molecular complexity index is 1000. The Labute approximate surface area is 160 Å². The number of pyridine rings is 1. The van der Waals surface area contributed by atoms with E-state index in [1.54, 1.807) is 25.1 Å². The molecular weight excluding hydrogens is 363 g/mol. The lowest BCUT2D eigenvalue weighted by molar-refractivity contribution is -0.385. The molecule has 1 aromatic heterocycles. The van der Waals surface area contributed by atoms with Crippen LogP contribution in [0.4, 0.5) is 21.6 Å². The van der Waals surface area contributed by atoms with E-state index in [2.05, 4.69) is 15.6 Å². The second kappa shape index (κ2) is 8.26. The van der Waals surface area contributed by atoms with Crippen LogP contribution in [0.15, 0.2) is 60.8 Å². The van der Waals surface area contributed by atoms with Crippen molar-refractivity contribution in [3.8, 4) is 0 Å². The highest BCUT2D eigenvalue weighted by Crippen LogP contribution is 2.19. The van der Waals surface area contributed by atoms with Crippen LogP contribution in [0, 0.1) is 22.9 Å². The molecule has 0 saturated carbocycles. The van der Waals surface area contributed by atoms with E-state index in [1.165, 1.54) is 30.5 Å². The molecule has 0 atom stereocenters. The van der Waals surface area contributed by atoms with E-state index in [4.69, 9.17) is 0 Å². The summed E-state index contributed by atoms with van der Waals surface area (Å²) in [5.74, 6) is -0.181. The van der Waals surface area contributed by atoms with Gasteiger partial charge in [-0.25, -0.2) is 9.37 Å². The zero-order chi connectivity index (χ0) is 20.1. The molecule has 0 aliphatic rings. The average molecular weight is 380 g/mol. The number of nitrogens with one attached hydrogen (secondary N) is 2. The summed E-state index contributed by atoms with van der Waals surface area (Å²) in [5, 5.41) is 16.7. The van der Waals surface area contributed by atoms with E-state index in [9.17, 15) is 19.3 Å². The number of halogens is 1. The third kappa shape index (κ3) is 4.67. The van der Waals surface area contributed by atoms with E-state index in [1.807, 2.05) is 12.1 Å². The second-order valence-electron chi connectivity index (χ2n) is 6.12. The molecule has 0 aliphatic heterocycles. The van der Waals surface area contributed by atoms with Gasteiger partial charge in [-0.05, 0) is 55.0 Å². The summed E-state index contributed by atoms with van der Waals surface area (Å²) in [4.78, 5) is 26.5. The number of rotatable bonds is 6. The van der Waals surface area contributed by atoms with Gasteiger partial charge in [0, 0.05) is 23.4 Å². The molecule has 0 saturated heterocycles. The SMILES string of the molecule is Cc1cc(NCc2ccc(NC(=O)c3ccc(F)cc3)cc2)ncc1[N+](=O)[O-]. The quantitative estimate of drug-likeness (QED) is 0.491. The minimum absolute atomic E-state index is 0.0215. The van der Waals surface area contributed by atoms with Crippen molar-refractivity contribution in [3.63, 3.8) is 0 Å². The van der Waals surface area contributed by atoms with Crippen molar-refractivity contribution in [2.24, 2.45) is 0 Å². The van der Waals surface area contributed by atoms with Gasteiger partial charge in [-0.15, -0.1) is 0 Å². The molecule has 0 aliphatic carbocycles. The van der Waals surface area contributed by atoms with Crippen LogP contribution < -0.4 is 10.6 Å². The van der Waals surface area contributed by atoms with Gasteiger partial charge in [0.2, 0.25) is 0 Å². The number of aromatic nitrogens is 1. The van der Waals surface area contributed by atoms with Crippen LogP contribution in [0.25, 0.3) is 0 Å². The van der Waals surface area contributed by atoms with E-state index >= 15 is 0 Å². The summed E-state index contributed by atoms with van der Waals surface area (Å²) in [5.41, 5.74) is 2.43. The fraction of sp³-hybridized carbons (Fsp3) is 0.100. The monoisotopic (exact) mass is 380 g/mol. The maximum atomic E-state index is 12.9. The van der Waals surface area contributed by atoms with Crippen LogP contribution in [0.2, 0.25) is 0 Å². The number of nitro groups is 1. The Morgan fingerprint density at radius 2 is 1.82 bits per heavy atom. The maximum Gasteiger partial charge on any atom is 0.290 e. The lowest BCUT2D eigenvalue weighted by Gasteiger charge is -2.09. The van der Waals surface area contributed by atoms with Crippen LogP contribution in [0.3, 0.4) is 0 Å². The molecule has 1 amide bonds. The molecule has 0 unspecified atom stereocenters. The van der Waals surface area contributed by atoms with Crippen LogP contribution in [-0.2, 0) is 6.54 Å². The maximum absolute atomic E-state index is 12.9. The molecule has 2 aromatic carbocycles. The van der Waals surface area contributed by atoms with E-state index in [0.717, 1.165) is 5.56 Å². The van der Waals surface area contributed by atoms with Crippen molar-refractivity contribution in [2.75, 3.05) is 10.6 Å². The minimum Gasteiger partial charge on any atom is -0.366 e. The lowest BCUT2D eigenvalue weighted by Crippen LogP contribution is -2.11. The normalized spacial score (nSPS) is 10.4. The first-order valence-corrected chi connectivity index (χ1v) is 8.43. The summed E-state index contributed by atoms with van der Waals surface area (Å²) in [7, 11) is 0. The molecule has 142 valence electrons. The molecule has 3 rings (SSSR count). The largest absolute Gasteiger partial charge is 0.366 e. The fourth-order valence-electron chi connectivity index (χ4n) is 2.54. The second-order valence-corrected chi connectivity index (χ2v) is 6.12. The van der Waals surface area contributed by atoms with Gasteiger partial charge in [-0.3, -0.25) is 14.9 Å². The van der Waals surface area contributed by atoms with E-state index in [-0.39, 0.29) is 11.6 Å². The van der Waals surface area contributed by atoms with Gasteiger partial charge < -0.3 is 10.6 Å². The molecular formula is C20H17FN4O3. The van der Waals surface area contributed by atoms with Crippen molar-refractivity contribution in [1.82, 2.24) is 4.98 Å². The molecule has 0 bridgehead atoms. The number of aryl methyl sites for hydroxylation is 1. The summed E-state index contributed by atoms with van der Waals surface area (Å²) in [6, 6.07) is 14.1. The van der Waals surface area contributed by atoms with Crippen molar-refractivity contribution in [2.45, 2.75) is 13.5 Å². The summed E-state index contributed by atoms with van der Waals surface area (Å²) in [6.45, 7) is 2.13. The number of hydrogen-bond donors (Lipinski definition) is 2. The number of anilines is 2. The Hall–Kier alpha value is -3.81. The first-order chi connectivity index (χ1) is 13.4. The Balaban J connectivity index is 1.58. The van der Waals surface area contributed by atoms with Crippen LogP contribution in [-0.4, -0.2) is 15.8 Å². The van der Waals surface area contributed by atoms with Gasteiger partial charge in [-0.2, -0.15) is 0 Å². The van der Waals surface area contributed by atoms with Gasteiger partial charge in [-0.1, -0.05) is 12.1 Å². The minimum atomic E-state index is -0.467. The molecule has 0 spiro atoms. The van der Waals surface area contributed by atoms with Gasteiger partial charge in [0.05, 0.1) is 4.92 Å². The summed E-state index contributed by atoms with van der Waals surface area (Å²) >= 11 is 0. The van der Waals surface area contributed by atoms with E-state index < -0.39 is 10.7 Å². The predicted octanol–water partition coefficient (Wildman–Crippen LogP) is 4.30. The number of hydrogen-bond acceptors (Lipinski definition) is 5. The van der Waals surface area contributed by atoms with Crippen molar-refractivity contribution < 1.29 is 14.1 Å². The highest BCUT2D eigenvalue weighted by Gasteiger charge is 2.11. The molecule has 0 radical (unpaired) electrons. The number of benzene rings is 2. The zero-order valence-corrected chi connectivity index (χ0v) is 15.0. The third-order valence-corrected chi connectivity index (χ3v) is 4.07. The first-order valence-electron chi connectivity index (χ1n) is 8.43. The predicted molar refractivity (Wildman–Crippen MR) is 104 cm³/mol. The van der Waals surface area contributed by atoms with Gasteiger partial charge in [0.1, 0.15) is 17.8 Å². The Morgan fingerprint density at radius 1 is 1.14 bits per heavy atom. The standard InChI is InChI=1S/C20H17FN4O3/c1-13-10-19(23-12-18(13)25(27)28)22-11-14-2-8-17(9-3-14)24-20(26)15-4-6-16(21)7-5-15/h2-10,12H,11H2,1H3,(H,22,23)(H,24,26). The Kier molecular flexibility index (Phi) is 5.59. The number of nitrogens with zero attached hydrogens (tertiary/aromatic N) is 2. The first kappa shape index (κ1) is 19.0. The lowest BCUT2D eigenvalue weighted by atomic mass is 10.1. The topological polar surface area (TPSA) is 97.2 Å². The molecule has 2 N–H and O–H groups in total. The summed E-state index contributed by atoms with van der Waals surface area (Å²) in [6.07, 6.45) is 1.23. The van der Waals surface area contributed by atoms with E-state index in [0.29, 0.717) is 29.2 Å². The number of carbonyl (C=O) groups is 1. The van der Waals surface area contributed by atoms with Crippen LogP contribution in [0.1, 0.15) is 21.5 Å². The summed E-state index contributed by atoms with van der Waals surface area (Å²) < 4.78 is 12.9. The zero-order valence-electron chi connectivity index (χ0n) is 15.0. The van der Waals surface area contributed by atoms with Crippen LogP contribution in [0.5, 0.6) is 0 Å². The molecule has 7 nitrogen and oxygen atoms in total. The molecule has 28 heavy (non-hydrogen) atoms. The van der Waals surface area contributed by atoms with Crippen molar-refractivity contribution in [1.29, 1.82) is 0 Å². The number of amides is 1. The molecule has 8 heteroatoms.